The van der Waals surface area contributed by atoms with Crippen molar-refractivity contribution in [3.63, 3.8) is 0 Å². The molecule has 9 N–H and O–H groups in total. The molecular weight excluding hydrogens is 769 g/mol. The van der Waals surface area contributed by atoms with E-state index in [9.17, 15) is 42.3 Å². The Hall–Kier alpha value is -6.27. The molecule has 18 heteroatoms. The SMILES string of the molecule is Cc1ccccc1NC(=O)NCCCC[C@H](NC(=O)[C@H](Cc1c[nH]c2ccccc12)NS(C)(=O)=O)C(=O)N[C@@H](CC(=O)O)C(=O)N(C)[C@@H](Cc1ccccc1)C(N)=O. The van der Waals surface area contributed by atoms with Crippen molar-refractivity contribution in [2.24, 2.45) is 5.73 Å². The molecule has 4 atom stereocenters. The number of aromatic amines is 1. The average molecular weight is 819 g/mol. The number of nitrogens with one attached hydrogen (secondary N) is 6. The Morgan fingerprint density at radius 3 is 2.14 bits per heavy atom. The summed E-state index contributed by atoms with van der Waals surface area (Å²) >= 11 is 0. The molecule has 0 aliphatic heterocycles. The smallest absolute Gasteiger partial charge is 0.319 e. The summed E-state index contributed by atoms with van der Waals surface area (Å²) in [7, 11) is -2.68. The van der Waals surface area contributed by atoms with E-state index in [4.69, 9.17) is 5.73 Å². The van der Waals surface area contributed by atoms with Gasteiger partial charge in [-0.25, -0.2) is 17.9 Å². The van der Waals surface area contributed by atoms with E-state index in [1.807, 2.05) is 31.2 Å². The van der Waals surface area contributed by atoms with E-state index in [1.165, 1.54) is 7.05 Å². The van der Waals surface area contributed by atoms with Crippen molar-refractivity contribution >= 4 is 62.2 Å². The first-order valence-electron chi connectivity index (χ1n) is 18.6. The molecule has 0 saturated heterocycles. The third-order valence-electron chi connectivity index (χ3n) is 9.41. The van der Waals surface area contributed by atoms with Crippen molar-refractivity contribution in [3.8, 4) is 0 Å². The topological polar surface area (TPSA) is 262 Å². The minimum absolute atomic E-state index is 0.0208. The van der Waals surface area contributed by atoms with Gasteiger partial charge in [0.1, 0.15) is 24.2 Å². The number of aromatic nitrogens is 1. The predicted molar refractivity (Wildman–Crippen MR) is 218 cm³/mol. The predicted octanol–water partition coefficient (Wildman–Crippen LogP) is 1.93. The molecular formula is C40H50N8O9S. The van der Waals surface area contributed by atoms with Gasteiger partial charge in [-0.05, 0) is 61.4 Å². The number of aryl methyl sites for hydroxylation is 1. The van der Waals surface area contributed by atoms with E-state index >= 15 is 0 Å². The summed E-state index contributed by atoms with van der Waals surface area (Å²) in [6.07, 6.45) is 2.12. The number of carboxylic acid groups (broad SMARTS) is 1. The number of fused-ring (bicyclic) bond motifs is 1. The number of benzene rings is 3. The van der Waals surface area contributed by atoms with Gasteiger partial charge in [0.2, 0.25) is 33.7 Å². The molecule has 0 aliphatic carbocycles. The third-order valence-corrected chi connectivity index (χ3v) is 10.1. The first kappa shape index (κ1) is 44.4. The van der Waals surface area contributed by atoms with E-state index in [0.29, 0.717) is 23.2 Å². The summed E-state index contributed by atoms with van der Waals surface area (Å²) in [5.74, 6) is -5.00. The van der Waals surface area contributed by atoms with Crippen molar-refractivity contribution < 1.29 is 42.3 Å². The number of urea groups is 1. The third kappa shape index (κ3) is 13.4. The number of anilines is 1. The summed E-state index contributed by atoms with van der Waals surface area (Å²) < 4.78 is 27.2. The fraction of sp³-hybridized carbons (Fsp3) is 0.350. The second-order valence-electron chi connectivity index (χ2n) is 14.0. The highest BCUT2D eigenvalue weighted by atomic mass is 32.2. The number of hydrogen-bond acceptors (Lipinski definition) is 8. The van der Waals surface area contributed by atoms with Gasteiger partial charge in [-0.1, -0.05) is 66.7 Å². The first-order chi connectivity index (χ1) is 27.5. The number of unbranched alkanes of at least 4 members (excludes halogenated alkanes) is 1. The molecule has 6 amide bonds. The van der Waals surface area contributed by atoms with E-state index in [-0.39, 0.29) is 32.2 Å². The number of carboxylic acids is 1. The van der Waals surface area contributed by atoms with Gasteiger partial charge in [0.25, 0.3) is 0 Å². The number of primary amides is 1. The number of nitrogens with zero attached hydrogens (tertiary/aromatic N) is 1. The number of likely N-dealkylation sites (N-methyl/N-ethyl adjacent to an activating group) is 1. The highest BCUT2D eigenvalue weighted by molar-refractivity contribution is 7.88. The molecule has 3 aromatic carbocycles. The number of sulfonamides is 1. The van der Waals surface area contributed by atoms with Crippen molar-refractivity contribution in [1.29, 1.82) is 0 Å². The van der Waals surface area contributed by atoms with Crippen LogP contribution in [0.25, 0.3) is 10.9 Å². The Balaban J connectivity index is 1.53. The van der Waals surface area contributed by atoms with Gasteiger partial charge in [0.05, 0.1) is 12.7 Å². The normalized spacial score (nSPS) is 13.4. The quantitative estimate of drug-likeness (QED) is 0.0571. The number of amides is 6. The Kier molecular flexibility index (Phi) is 15.9. The number of nitrogens with two attached hydrogens (primary N) is 1. The highest BCUT2D eigenvalue weighted by Crippen LogP contribution is 2.20. The van der Waals surface area contributed by atoms with Gasteiger partial charge in [-0.2, -0.15) is 0 Å². The van der Waals surface area contributed by atoms with Gasteiger partial charge in [0.15, 0.2) is 0 Å². The minimum atomic E-state index is -3.95. The zero-order valence-electron chi connectivity index (χ0n) is 32.5. The van der Waals surface area contributed by atoms with Crippen LogP contribution in [0.4, 0.5) is 10.5 Å². The monoisotopic (exact) mass is 818 g/mol. The lowest BCUT2D eigenvalue weighted by Gasteiger charge is -2.30. The number of carbonyl (C=O) groups excluding carboxylic acids is 5. The van der Waals surface area contributed by atoms with Gasteiger partial charge in [0, 0.05) is 42.8 Å². The molecule has 58 heavy (non-hydrogen) atoms. The summed E-state index contributed by atoms with van der Waals surface area (Å²) in [6, 6.07) is 17.1. The highest BCUT2D eigenvalue weighted by Gasteiger charge is 2.35. The van der Waals surface area contributed by atoms with Crippen LogP contribution in [0.1, 0.15) is 42.4 Å². The Morgan fingerprint density at radius 1 is 0.828 bits per heavy atom. The van der Waals surface area contributed by atoms with Crippen molar-refractivity contribution in [3.05, 3.63) is 102 Å². The first-order valence-corrected chi connectivity index (χ1v) is 20.5. The van der Waals surface area contributed by atoms with E-state index in [2.05, 4.69) is 31.0 Å². The van der Waals surface area contributed by atoms with Gasteiger partial charge in [-0.3, -0.25) is 24.0 Å². The zero-order chi connectivity index (χ0) is 42.4. The number of aliphatic carboxylic acids is 1. The molecule has 0 radical (unpaired) electrons. The van der Waals surface area contributed by atoms with Gasteiger partial charge in [-0.15, -0.1) is 0 Å². The summed E-state index contributed by atoms with van der Waals surface area (Å²) in [4.78, 5) is 82.8. The fourth-order valence-electron chi connectivity index (χ4n) is 6.38. The van der Waals surface area contributed by atoms with Gasteiger partial charge >= 0.3 is 12.0 Å². The van der Waals surface area contributed by atoms with Crippen LogP contribution in [-0.2, 0) is 46.8 Å². The molecule has 1 aromatic heterocycles. The number of rotatable bonds is 21. The van der Waals surface area contributed by atoms with Crippen LogP contribution in [0, 0.1) is 6.92 Å². The van der Waals surface area contributed by atoms with Crippen LogP contribution in [0.3, 0.4) is 0 Å². The molecule has 0 aliphatic rings. The lowest BCUT2D eigenvalue weighted by atomic mass is 10.0. The van der Waals surface area contributed by atoms with Crippen LogP contribution >= 0.6 is 0 Å². The molecule has 0 spiro atoms. The lowest BCUT2D eigenvalue weighted by molar-refractivity contribution is -0.145. The molecule has 0 unspecified atom stereocenters. The van der Waals surface area contributed by atoms with Crippen molar-refractivity contribution in [2.75, 3.05) is 25.2 Å². The maximum Gasteiger partial charge on any atom is 0.319 e. The lowest BCUT2D eigenvalue weighted by Crippen LogP contribution is -2.59. The molecule has 4 rings (SSSR count). The summed E-state index contributed by atoms with van der Waals surface area (Å²) in [6.45, 7) is 2.03. The maximum absolute atomic E-state index is 14.0. The standard InChI is InChI=1S/C40H50N8O9S/c1-25-13-7-9-17-29(25)46-40(55)42-20-12-11-19-31(44-38(53)32(47-58(3,56)57)22-27-24-43-30-18-10-8-16-28(27)30)37(52)45-33(23-35(49)50)39(54)48(2)34(36(41)51)21-26-14-5-4-6-15-26/h4-10,13-18,24,31-34,43,47H,11-12,19-23H2,1-3H3,(H2,41,51)(H,44,53)(H,45,52)(H,49,50)(H2,42,46,55)/t31-,32-,33-,34-/m0/s1. The van der Waals surface area contributed by atoms with E-state index in [0.717, 1.165) is 27.6 Å². The van der Waals surface area contributed by atoms with Gasteiger partial charge < -0.3 is 42.0 Å². The fourth-order valence-corrected chi connectivity index (χ4v) is 7.08. The van der Waals surface area contributed by atoms with E-state index < -0.39 is 76.2 Å². The summed E-state index contributed by atoms with van der Waals surface area (Å²) in [5.41, 5.74) is 9.21. The van der Waals surface area contributed by atoms with Crippen LogP contribution < -0.4 is 31.7 Å². The summed E-state index contributed by atoms with van der Waals surface area (Å²) in [5, 5.41) is 21.0. The molecule has 0 bridgehead atoms. The largest absolute Gasteiger partial charge is 0.481 e. The van der Waals surface area contributed by atoms with Crippen LogP contribution in [0.5, 0.6) is 0 Å². The Labute approximate surface area is 336 Å². The molecule has 4 aromatic rings. The molecule has 0 saturated carbocycles. The van der Waals surface area contributed by atoms with E-state index in [1.54, 1.807) is 60.8 Å². The second kappa shape index (κ2) is 20.8. The number of carbonyl (C=O) groups is 6. The maximum atomic E-state index is 14.0. The number of hydrogen-bond donors (Lipinski definition) is 8. The molecule has 310 valence electrons. The van der Waals surface area contributed by atoms with Crippen molar-refractivity contribution in [1.82, 2.24) is 30.6 Å². The molecule has 1 heterocycles. The Morgan fingerprint density at radius 2 is 1.47 bits per heavy atom. The van der Waals surface area contributed by atoms with Crippen molar-refractivity contribution in [2.45, 2.75) is 69.6 Å². The average Bonchev–Trinajstić information content (AvgIpc) is 3.58. The second-order valence-corrected chi connectivity index (χ2v) is 15.8. The molecule has 17 nitrogen and oxygen atoms in total. The van der Waals surface area contributed by atoms with Crippen LogP contribution in [0.15, 0.2) is 85.1 Å². The molecule has 0 fully saturated rings. The van der Waals surface area contributed by atoms with Crippen LogP contribution in [-0.4, -0.2) is 103 Å². The number of H-pyrrole nitrogens is 1. The zero-order valence-corrected chi connectivity index (χ0v) is 33.3. The Bertz CT molecular complexity index is 2200. The number of para-hydroxylation sites is 2. The minimum Gasteiger partial charge on any atom is -0.481 e. The van der Waals surface area contributed by atoms with Crippen LogP contribution in [0.2, 0.25) is 0 Å².